The van der Waals surface area contributed by atoms with E-state index in [0.717, 1.165) is 29.7 Å². The zero-order valence-electron chi connectivity index (χ0n) is 9.36. The van der Waals surface area contributed by atoms with Gasteiger partial charge in [0, 0.05) is 19.2 Å². The molecule has 16 heavy (non-hydrogen) atoms. The van der Waals surface area contributed by atoms with Crippen molar-refractivity contribution in [3.05, 3.63) is 29.3 Å². The van der Waals surface area contributed by atoms with E-state index in [0.29, 0.717) is 12.8 Å². The number of hydrogen-bond acceptors (Lipinski definition) is 2. The minimum absolute atomic E-state index is 0.144. The van der Waals surface area contributed by atoms with Gasteiger partial charge in [0.1, 0.15) is 0 Å². The van der Waals surface area contributed by atoms with Crippen molar-refractivity contribution in [3.63, 3.8) is 0 Å². The molecule has 0 atom stereocenters. The molecule has 1 amide bonds. The Morgan fingerprint density at radius 1 is 1.44 bits per heavy atom. The Labute approximate surface area is 94.7 Å². The third-order valence-electron chi connectivity index (χ3n) is 3.66. The van der Waals surface area contributed by atoms with Gasteiger partial charge in [-0.05, 0) is 30.0 Å². The molecule has 1 N–H and O–H groups in total. The zero-order chi connectivity index (χ0) is 11.3. The van der Waals surface area contributed by atoms with E-state index in [9.17, 15) is 9.90 Å². The van der Waals surface area contributed by atoms with E-state index in [1.165, 1.54) is 0 Å². The largest absolute Gasteiger partial charge is 0.390 e. The fourth-order valence-corrected chi connectivity index (χ4v) is 2.38. The highest BCUT2D eigenvalue weighted by molar-refractivity contribution is 6.01. The number of rotatable bonds is 2. The van der Waals surface area contributed by atoms with Gasteiger partial charge in [0.2, 0.25) is 5.91 Å². The van der Waals surface area contributed by atoms with E-state index in [1.807, 2.05) is 25.2 Å². The van der Waals surface area contributed by atoms with Crippen LogP contribution in [0.15, 0.2) is 18.2 Å². The molecule has 1 fully saturated rings. The summed E-state index contributed by atoms with van der Waals surface area (Å²) in [6, 6.07) is 5.97. The monoisotopic (exact) mass is 217 g/mol. The summed E-state index contributed by atoms with van der Waals surface area (Å²) >= 11 is 0. The summed E-state index contributed by atoms with van der Waals surface area (Å²) in [6.07, 6.45) is 2.95. The Morgan fingerprint density at radius 2 is 2.19 bits per heavy atom. The molecule has 3 rings (SSSR count). The molecule has 1 saturated carbocycles. The van der Waals surface area contributed by atoms with Crippen LogP contribution < -0.4 is 4.90 Å². The van der Waals surface area contributed by atoms with Crippen molar-refractivity contribution in [1.82, 2.24) is 0 Å². The van der Waals surface area contributed by atoms with Crippen molar-refractivity contribution in [2.45, 2.75) is 31.3 Å². The molecule has 0 bridgehead atoms. The Balaban J connectivity index is 1.99. The van der Waals surface area contributed by atoms with Crippen molar-refractivity contribution in [1.29, 1.82) is 0 Å². The second-order valence-electron chi connectivity index (χ2n) is 4.95. The lowest BCUT2D eigenvalue weighted by atomic mass is 9.98. The van der Waals surface area contributed by atoms with Crippen molar-refractivity contribution < 1.29 is 9.90 Å². The van der Waals surface area contributed by atoms with Crippen LogP contribution in [0.25, 0.3) is 0 Å². The summed E-state index contributed by atoms with van der Waals surface area (Å²) in [5, 5.41) is 9.95. The normalized spacial score (nSPS) is 21.1. The number of nitrogens with zero attached hydrogens (tertiary/aromatic N) is 1. The van der Waals surface area contributed by atoms with Crippen LogP contribution >= 0.6 is 0 Å². The Bertz CT molecular complexity index is 463. The molecular formula is C13H15NO2. The average molecular weight is 217 g/mol. The summed E-state index contributed by atoms with van der Waals surface area (Å²) in [5.74, 6) is 0.144. The molecule has 0 radical (unpaired) electrons. The summed E-state index contributed by atoms with van der Waals surface area (Å²) in [7, 11) is 1.81. The van der Waals surface area contributed by atoms with Gasteiger partial charge < -0.3 is 10.0 Å². The maximum Gasteiger partial charge on any atom is 0.231 e. The first-order valence-corrected chi connectivity index (χ1v) is 5.69. The first kappa shape index (κ1) is 9.85. The van der Waals surface area contributed by atoms with Crippen LogP contribution in [0, 0.1) is 0 Å². The molecule has 1 aromatic carbocycles. The third kappa shape index (κ3) is 1.43. The van der Waals surface area contributed by atoms with Crippen LogP contribution in [0.1, 0.15) is 24.0 Å². The molecule has 3 nitrogen and oxygen atoms in total. The number of carbonyl (C=O) groups excluding carboxylic acids is 1. The first-order chi connectivity index (χ1) is 7.59. The van der Waals surface area contributed by atoms with Crippen molar-refractivity contribution in [3.8, 4) is 0 Å². The van der Waals surface area contributed by atoms with E-state index >= 15 is 0 Å². The highest BCUT2D eigenvalue weighted by Crippen LogP contribution is 2.41. The van der Waals surface area contributed by atoms with Gasteiger partial charge in [-0.15, -0.1) is 0 Å². The minimum Gasteiger partial charge on any atom is -0.390 e. The first-order valence-electron chi connectivity index (χ1n) is 5.69. The summed E-state index contributed by atoms with van der Waals surface area (Å²) in [6.45, 7) is 0. The molecule has 84 valence electrons. The Hall–Kier alpha value is -1.35. The quantitative estimate of drug-likeness (QED) is 0.810. The van der Waals surface area contributed by atoms with Crippen molar-refractivity contribution in [2.75, 3.05) is 11.9 Å². The number of aliphatic hydroxyl groups is 1. The lowest BCUT2D eigenvalue weighted by molar-refractivity contribution is -0.117. The fraction of sp³-hybridized carbons (Fsp3) is 0.462. The van der Waals surface area contributed by atoms with Crippen molar-refractivity contribution in [2.24, 2.45) is 0 Å². The highest BCUT2D eigenvalue weighted by Gasteiger charge is 2.41. The molecule has 0 aromatic heterocycles. The SMILES string of the molecule is CN1C(=O)Cc2c(CC3(O)CC3)cccc21. The number of hydrogen-bond donors (Lipinski definition) is 1. The summed E-state index contributed by atoms with van der Waals surface area (Å²) in [4.78, 5) is 13.3. The van der Waals surface area contributed by atoms with Gasteiger partial charge in [-0.2, -0.15) is 0 Å². The standard InChI is InChI=1S/C13H15NO2/c1-14-11-4-2-3-9(8-13(16)5-6-13)10(11)7-12(14)15/h2-4,16H,5-8H2,1H3. The average Bonchev–Trinajstić information content (AvgIpc) is 2.90. The molecule has 2 aliphatic rings. The van der Waals surface area contributed by atoms with Crippen LogP contribution in [0.2, 0.25) is 0 Å². The van der Waals surface area contributed by atoms with Crippen LogP contribution in [-0.2, 0) is 17.6 Å². The van der Waals surface area contributed by atoms with E-state index in [2.05, 4.69) is 0 Å². The van der Waals surface area contributed by atoms with E-state index in [1.54, 1.807) is 4.90 Å². The second kappa shape index (κ2) is 3.08. The maximum absolute atomic E-state index is 11.6. The molecule has 0 saturated heterocycles. The van der Waals surface area contributed by atoms with Crippen LogP contribution in [0.5, 0.6) is 0 Å². The van der Waals surface area contributed by atoms with E-state index < -0.39 is 5.60 Å². The topological polar surface area (TPSA) is 40.5 Å². The molecule has 0 spiro atoms. The molecule has 1 aliphatic heterocycles. The van der Waals surface area contributed by atoms with Gasteiger partial charge in [0.25, 0.3) is 0 Å². The zero-order valence-corrected chi connectivity index (χ0v) is 9.36. The number of anilines is 1. The highest BCUT2D eigenvalue weighted by atomic mass is 16.3. The van der Waals surface area contributed by atoms with E-state index in [4.69, 9.17) is 0 Å². The molecular weight excluding hydrogens is 202 g/mol. The predicted octanol–water partition coefficient (Wildman–Crippen LogP) is 1.27. The number of likely N-dealkylation sites (N-methyl/N-ethyl adjacent to an activating group) is 1. The Morgan fingerprint density at radius 3 is 2.88 bits per heavy atom. The molecule has 1 aromatic rings. The van der Waals surface area contributed by atoms with Gasteiger partial charge in [0.05, 0.1) is 12.0 Å². The summed E-state index contributed by atoms with van der Waals surface area (Å²) < 4.78 is 0. The predicted molar refractivity (Wildman–Crippen MR) is 61.4 cm³/mol. The smallest absolute Gasteiger partial charge is 0.231 e. The van der Waals surface area contributed by atoms with Gasteiger partial charge in [-0.1, -0.05) is 12.1 Å². The molecule has 1 heterocycles. The van der Waals surface area contributed by atoms with Crippen LogP contribution in [-0.4, -0.2) is 23.7 Å². The lowest BCUT2D eigenvalue weighted by Crippen LogP contribution is -2.20. The van der Waals surface area contributed by atoms with Crippen LogP contribution in [0.3, 0.4) is 0 Å². The second-order valence-corrected chi connectivity index (χ2v) is 4.95. The van der Waals surface area contributed by atoms with Gasteiger partial charge in [0.15, 0.2) is 0 Å². The fourth-order valence-electron chi connectivity index (χ4n) is 2.38. The molecule has 0 unspecified atom stereocenters. The molecule has 1 aliphatic carbocycles. The number of amides is 1. The van der Waals surface area contributed by atoms with Gasteiger partial charge in [-0.25, -0.2) is 0 Å². The minimum atomic E-state index is -0.487. The van der Waals surface area contributed by atoms with Crippen LogP contribution in [0.4, 0.5) is 5.69 Å². The molecule has 3 heteroatoms. The Kier molecular flexibility index (Phi) is 1.89. The maximum atomic E-state index is 11.6. The number of carbonyl (C=O) groups is 1. The third-order valence-corrected chi connectivity index (χ3v) is 3.66. The lowest BCUT2D eigenvalue weighted by Gasteiger charge is -2.13. The van der Waals surface area contributed by atoms with E-state index in [-0.39, 0.29) is 5.91 Å². The van der Waals surface area contributed by atoms with Gasteiger partial charge in [-0.3, -0.25) is 4.79 Å². The number of benzene rings is 1. The summed E-state index contributed by atoms with van der Waals surface area (Å²) in [5.41, 5.74) is 2.76. The number of fused-ring (bicyclic) bond motifs is 1. The van der Waals surface area contributed by atoms with Gasteiger partial charge >= 0.3 is 0 Å². The van der Waals surface area contributed by atoms with Crippen molar-refractivity contribution >= 4 is 11.6 Å².